The van der Waals surface area contributed by atoms with Crippen molar-refractivity contribution in [1.29, 1.82) is 0 Å². The van der Waals surface area contributed by atoms with Crippen LogP contribution in [-0.4, -0.2) is 114 Å². The second-order valence-corrected chi connectivity index (χ2v) is 6.49. The lowest BCUT2D eigenvalue weighted by molar-refractivity contribution is -0.0705. The zero-order chi connectivity index (χ0) is 23.7. The molecule has 0 radical (unpaired) electrons. The summed E-state index contributed by atoms with van der Waals surface area (Å²) in [5.41, 5.74) is 0. The summed E-state index contributed by atoms with van der Waals surface area (Å²) in [5, 5.41) is 8.62. The second-order valence-electron chi connectivity index (χ2n) is 6.49. The maximum atomic E-state index is 8.62. The lowest BCUT2D eigenvalue weighted by atomic mass is 10.2. The number of aliphatic hydroxyl groups is 1. The highest BCUT2D eigenvalue weighted by atomic mass is 16.7. The van der Waals surface area contributed by atoms with Crippen LogP contribution >= 0.6 is 0 Å². The van der Waals surface area contributed by atoms with Crippen molar-refractivity contribution in [3.05, 3.63) is 38.3 Å². The van der Waals surface area contributed by atoms with Gasteiger partial charge in [-0.2, -0.15) is 0 Å². The summed E-state index contributed by atoms with van der Waals surface area (Å²) in [6, 6.07) is 0. The molecule has 0 aliphatic rings. The van der Waals surface area contributed by atoms with Crippen LogP contribution in [0.4, 0.5) is 0 Å². The summed E-state index contributed by atoms with van der Waals surface area (Å²) in [6.45, 7) is 13.2. The fourth-order valence-electron chi connectivity index (χ4n) is 2.30. The van der Waals surface area contributed by atoms with E-state index in [4.69, 9.17) is 33.5 Å². The number of methoxy groups -OCH3 is 3. The highest BCUT2D eigenvalue weighted by Crippen LogP contribution is 2.05. The molecule has 0 heterocycles. The van der Waals surface area contributed by atoms with Gasteiger partial charge >= 0.3 is 0 Å². The van der Waals surface area contributed by atoms with E-state index >= 15 is 0 Å². The molecule has 0 spiro atoms. The average molecular weight is 486 g/mol. The molecule has 3 atom stereocenters. The zero-order valence-corrected chi connectivity index (χ0v) is 20.7. The Morgan fingerprint density at radius 1 is 0.788 bits per heavy atom. The number of aliphatic hydroxyl groups excluding tert-OH is 1. The molecule has 200 valence electrons. The Balaban J connectivity index is -0.000000278. The van der Waals surface area contributed by atoms with Gasteiger partial charge in [0.15, 0.2) is 13.6 Å². The van der Waals surface area contributed by atoms with Crippen molar-refractivity contribution < 1.29 is 49.2 Å². The summed E-state index contributed by atoms with van der Waals surface area (Å²) in [4.78, 5) is 2.18. The van der Waals surface area contributed by atoms with Gasteiger partial charge in [-0.25, -0.2) is 0 Å². The first-order chi connectivity index (χ1) is 15.0. The maximum absolute atomic E-state index is 8.62. The van der Waals surface area contributed by atoms with E-state index in [1.54, 1.807) is 14.2 Å². The first kappa shape index (κ1) is 38.7. The first-order valence-electron chi connectivity index (χ1n) is 10.1. The Bertz CT molecular complexity index is 411. The Morgan fingerprint density at radius 3 is 1.64 bits per heavy atom. The summed E-state index contributed by atoms with van der Waals surface area (Å²) in [6.07, 6.45) is 6.44. The van der Waals surface area contributed by atoms with Gasteiger partial charge < -0.3 is 54.1 Å². The third-order valence-electron chi connectivity index (χ3n) is 4.07. The highest BCUT2D eigenvalue weighted by molar-refractivity contribution is 4.73. The third kappa shape index (κ3) is 26.6. The number of hydrogen-bond acceptors (Lipinski definition) is 9. The molecule has 33 heavy (non-hydrogen) atoms. The molecule has 0 aliphatic carbocycles. The van der Waals surface area contributed by atoms with Crippen LogP contribution in [0.1, 0.15) is 12.8 Å². The molecule has 0 aromatic carbocycles. The summed E-state index contributed by atoms with van der Waals surface area (Å²) < 4.78 is 35.5. The van der Waals surface area contributed by atoms with Crippen LogP contribution in [0.3, 0.4) is 0 Å². The fraction of sp³-hybridized carbons (Fsp3) is 0.727. The molecule has 0 rings (SSSR count). The average Bonchev–Trinajstić information content (AvgIpc) is 2.79. The van der Waals surface area contributed by atoms with Gasteiger partial charge in [0.1, 0.15) is 6.10 Å². The van der Waals surface area contributed by atoms with Gasteiger partial charge in [-0.3, -0.25) is 0 Å². The SMILES string of the molecule is C=CCCC(CN(C)CC(COCOC=C)OC)OC.C=COCOCC(CO)OC.O.O. The molecule has 0 saturated heterocycles. The molecule has 0 aliphatic heterocycles. The van der Waals surface area contributed by atoms with E-state index in [0.29, 0.717) is 13.2 Å². The smallest absolute Gasteiger partial charge is 0.188 e. The molecule has 0 fully saturated rings. The Morgan fingerprint density at radius 2 is 1.24 bits per heavy atom. The van der Waals surface area contributed by atoms with E-state index in [1.807, 2.05) is 13.1 Å². The number of ether oxygens (including phenoxy) is 7. The summed E-state index contributed by atoms with van der Waals surface area (Å²) >= 11 is 0. The molecular formula is C22H47NO10. The van der Waals surface area contributed by atoms with E-state index in [-0.39, 0.29) is 49.5 Å². The number of likely N-dealkylation sites (N-methyl/N-ethyl adjacent to an activating group) is 1. The lowest BCUT2D eigenvalue weighted by Crippen LogP contribution is -2.38. The number of nitrogens with zero attached hydrogens (tertiary/aromatic N) is 1. The molecule has 0 aromatic rings. The van der Waals surface area contributed by atoms with Crippen LogP contribution in [0.5, 0.6) is 0 Å². The molecule has 11 heteroatoms. The molecule has 11 nitrogen and oxygen atoms in total. The van der Waals surface area contributed by atoms with Gasteiger partial charge in [0.05, 0.1) is 44.6 Å². The largest absolute Gasteiger partial charge is 0.476 e. The van der Waals surface area contributed by atoms with Crippen LogP contribution in [-0.2, 0) is 33.2 Å². The van der Waals surface area contributed by atoms with Crippen LogP contribution in [0.25, 0.3) is 0 Å². The van der Waals surface area contributed by atoms with Crippen molar-refractivity contribution in [2.45, 2.75) is 31.2 Å². The van der Waals surface area contributed by atoms with Crippen molar-refractivity contribution in [2.24, 2.45) is 0 Å². The topological polar surface area (TPSA) is 151 Å². The van der Waals surface area contributed by atoms with Gasteiger partial charge in [-0.05, 0) is 19.9 Å². The standard InChI is InChI=1S/C15H29NO4.C7H14O4.2H2O/c1-6-8-9-14(17-4)10-16(3)11-15(18-5)12-20-13-19-7-2;1-3-10-6-11-5-7(4-8)9-2;;/h6-7,14-15H,1-2,8-13H2,3-5H3;3,7-8H,1,4-6H2,2H3;2*1H2. The Labute approximate surface area is 199 Å². The van der Waals surface area contributed by atoms with Gasteiger partial charge in [-0.15, -0.1) is 6.58 Å². The zero-order valence-electron chi connectivity index (χ0n) is 20.7. The second kappa shape index (κ2) is 30.5. The number of allylic oxidation sites excluding steroid dienone is 1. The van der Waals surface area contributed by atoms with E-state index in [1.165, 1.54) is 19.6 Å². The van der Waals surface area contributed by atoms with E-state index < -0.39 is 0 Å². The predicted octanol–water partition coefficient (Wildman–Crippen LogP) is 0.527. The number of rotatable bonds is 21. The maximum Gasteiger partial charge on any atom is 0.188 e. The van der Waals surface area contributed by atoms with Crippen molar-refractivity contribution >= 4 is 0 Å². The fourth-order valence-corrected chi connectivity index (χ4v) is 2.30. The minimum Gasteiger partial charge on any atom is -0.476 e. The summed E-state index contributed by atoms with van der Waals surface area (Å²) in [5.74, 6) is 0. The van der Waals surface area contributed by atoms with Crippen LogP contribution < -0.4 is 0 Å². The number of hydrogen-bond donors (Lipinski definition) is 1. The molecule has 3 unspecified atom stereocenters. The van der Waals surface area contributed by atoms with Gasteiger partial charge in [0.25, 0.3) is 0 Å². The van der Waals surface area contributed by atoms with Crippen molar-refractivity contribution in [1.82, 2.24) is 4.90 Å². The molecule has 0 amide bonds. The molecule has 0 saturated carbocycles. The van der Waals surface area contributed by atoms with E-state index in [0.717, 1.165) is 25.9 Å². The molecule has 5 N–H and O–H groups in total. The lowest BCUT2D eigenvalue weighted by Gasteiger charge is -2.26. The van der Waals surface area contributed by atoms with Gasteiger partial charge in [0, 0.05) is 34.4 Å². The Kier molecular flexibility index (Phi) is 35.7. The quantitative estimate of drug-likeness (QED) is 0.106. The summed E-state index contributed by atoms with van der Waals surface area (Å²) in [7, 11) is 6.98. The van der Waals surface area contributed by atoms with Crippen LogP contribution in [0.15, 0.2) is 38.3 Å². The molecule has 0 aromatic heterocycles. The molecular weight excluding hydrogens is 438 g/mol. The Hall–Kier alpha value is -1.54. The van der Waals surface area contributed by atoms with Gasteiger partial charge in [0.2, 0.25) is 0 Å². The first-order valence-corrected chi connectivity index (χ1v) is 10.1. The van der Waals surface area contributed by atoms with Crippen molar-refractivity contribution in [2.75, 3.05) is 74.9 Å². The minimum absolute atomic E-state index is 0. The minimum atomic E-state index is -0.275. The monoisotopic (exact) mass is 485 g/mol. The van der Waals surface area contributed by atoms with Gasteiger partial charge in [-0.1, -0.05) is 19.2 Å². The third-order valence-corrected chi connectivity index (χ3v) is 4.07. The normalized spacial score (nSPS) is 12.7. The highest BCUT2D eigenvalue weighted by Gasteiger charge is 2.15. The van der Waals surface area contributed by atoms with Crippen LogP contribution in [0, 0.1) is 0 Å². The van der Waals surface area contributed by atoms with Crippen molar-refractivity contribution in [3.63, 3.8) is 0 Å². The van der Waals surface area contributed by atoms with E-state index in [9.17, 15) is 0 Å². The van der Waals surface area contributed by atoms with E-state index in [2.05, 4.69) is 29.4 Å². The van der Waals surface area contributed by atoms with Crippen LogP contribution in [0.2, 0.25) is 0 Å². The predicted molar refractivity (Wildman–Crippen MR) is 128 cm³/mol. The molecule has 0 bridgehead atoms. The van der Waals surface area contributed by atoms with Crippen molar-refractivity contribution in [3.8, 4) is 0 Å².